The Morgan fingerprint density at radius 1 is 1.18 bits per heavy atom. The van der Waals surface area contributed by atoms with Gasteiger partial charge in [-0.2, -0.15) is 5.10 Å². The van der Waals surface area contributed by atoms with Gasteiger partial charge >= 0.3 is 0 Å². The number of nitro groups is 1. The number of para-hydroxylation sites is 1. The Balaban J connectivity index is 1.79. The van der Waals surface area contributed by atoms with Crippen LogP contribution in [0, 0.1) is 27.5 Å². The average Bonchev–Trinajstić information content (AvgIpc) is 2.96. The summed E-state index contributed by atoms with van der Waals surface area (Å²) in [5.74, 6) is -0.508. The van der Waals surface area contributed by atoms with E-state index in [1.54, 1.807) is 6.21 Å². The third kappa shape index (κ3) is 4.11. The van der Waals surface area contributed by atoms with Crippen LogP contribution in [0.25, 0.3) is 5.69 Å². The second-order valence-electron chi connectivity index (χ2n) is 6.12. The van der Waals surface area contributed by atoms with E-state index in [0.29, 0.717) is 0 Å². The van der Waals surface area contributed by atoms with Crippen molar-refractivity contribution in [2.45, 2.75) is 13.8 Å². The highest BCUT2D eigenvalue weighted by Gasteiger charge is 2.13. The third-order valence-corrected chi connectivity index (χ3v) is 5.16. The first-order chi connectivity index (χ1) is 13.4. The Morgan fingerprint density at radius 3 is 2.64 bits per heavy atom. The van der Waals surface area contributed by atoms with Crippen molar-refractivity contribution in [2.75, 3.05) is 0 Å². The number of carbonyl (C=O) groups is 1. The molecule has 8 heteroatoms. The first kappa shape index (κ1) is 19.7. The summed E-state index contributed by atoms with van der Waals surface area (Å²) < 4.78 is 3.26. The molecule has 142 valence electrons. The molecule has 1 aromatic heterocycles. The normalized spacial score (nSPS) is 11.0. The Hall–Kier alpha value is -3.01. The molecular weight excluding hydrogens is 471 g/mol. The number of hydrazone groups is 1. The molecule has 0 unspecified atom stereocenters. The lowest BCUT2D eigenvalue weighted by Gasteiger charge is -2.11. The summed E-state index contributed by atoms with van der Waals surface area (Å²) in [6.45, 7) is 3.99. The van der Waals surface area contributed by atoms with Gasteiger partial charge in [0.1, 0.15) is 0 Å². The summed E-state index contributed by atoms with van der Waals surface area (Å²) in [4.78, 5) is 22.5. The number of nitrogens with zero attached hydrogens (tertiary/aromatic N) is 3. The largest absolute Gasteiger partial charge is 0.317 e. The van der Waals surface area contributed by atoms with Gasteiger partial charge in [-0.15, -0.1) is 0 Å². The number of aryl methyl sites for hydroxylation is 1. The molecule has 3 aromatic rings. The Morgan fingerprint density at radius 2 is 1.93 bits per heavy atom. The highest BCUT2D eigenvalue weighted by atomic mass is 127. The molecule has 3 rings (SSSR count). The molecule has 0 saturated carbocycles. The van der Waals surface area contributed by atoms with E-state index in [1.807, 2.05) is 44.2 Å². The quantitative estimate of drug-likeness (QED) is 0.250. The van der Waals surface area contributed by atoms with Gasteiger partial charge in [-0.3, -0.25) is 14.9 Å². The highest BCUT2D eigenvalue weighted by Crippen LogP contribution is 2.23. The van der Waals surface area contributed by atoms with Gasteiger partial charge in [0.05, 0.1) is 16.8 Å². The van der Waals surface area contributed by atoms with E-state index in [4.69, 9.17) is 0 Å². The van der Waals surface area contributed by atoms with Crippen LogP contribution in [0.5, 0.6) is 0 Å². The van der Waals surface area contributed by atoms with Crippen LogP contribution in [0.2, 0.25) is 0 Å². The number of nitro benzene ring substituents is 1. The van der Waals surface area contributed by atoms with Crippen LogP contribution in [0.3, 0.4) is 0 Å². The SMILES string of the molecule is Cc1cc(/C=N\NC(=O)c2cccc([N+](=O)[O-])c2)c(C)n1-c1ccccc1I. The van der Waals surface area contributed by atoms with Crippen LogP contribution in [0.4, 0.5) is 5.69 Å². The van der Waals surface area contributed by atoms with Gasteiger partial charge < -0.3 is 4.57 Å². The molecule has 0 atom stereocenters. The van der Waals surface area contributed by atoms with Crippen LogP contribution >= 0.6 is 22.6 Å². The van der Waals surface area contributed by atoms with Gasteiger partial charge in [0.2, 0.25) is 0 Å². The monoisotopic (exact) mass is 488 g/mol. The molecule has 1 N–H and O–H groups in total. The van der Waals surface area contributed by atoms with Gasteiger partial charge in [-0.1, -0.05) is 18.2 Å². The number of rotatable bonds is 5. The summed E-state index contributed by atoms with van der Waals surface area (Å²) >= 11 is 2.30. The molecule has 0 radical (unpaired) electrons. The first-order valence-electron chi connectivity index (χ1n) is 8.40. The third-order valence-electron chi connectivity index (χ3n) is 4.25. The first-order valence-corrected chi connectivity index (χ1v) is 9.48. The maximum absolute atomic E-state index is 12.2. The van der Waals surface area contributed by atoms with E-state index in [0.717, 1.165) is 26.2 Å². The number of hydrogen-bond donors (Lipinski definition) is 1. The zero-order chi connectivity index (χ0) is 20.3. The van der Waals surface area contributed by atoms with Crippen molar-refractivity contribution in [2.24, 2.45) is 5.10 Å². The number of aromatic nitrogens is 1. The zero-order valence-electron chi connectivity index (χ0n) is 15.2. The molecule has 0 aliphatic carbocycles. The van der Waals surface area contributed by atoms with Crippen LogP contribution < -0.4 is 5.43 Å². The summed E-state index contributed by atoms with van der Waals surface area (Å²) in [7, 11) is 0. The van der Waals surface area contributed by atoms with Crippen LogP contribution in [0.1, 0.15) is 27.3 Å². The number of halogens is 1. The topological polar surface area (TPSA) is 89.5 Å². The van der Waals surface area contributed by atoms with Crippen molar-refractivity contribution in [3.05, 3.63) is 90.8 Å². The van der Waals surface area contributed by atoms with Crippen LogP contribution in [0.15, 0.2) is 59.7 Å². The molecule has 0 aliphatic heterocycles. The predicted octanol–water partition coefficient (Wildman–Crippen LogP) is 4.37. The van der Waals surface area contributed by atoms with Gasteiger partial charge in [-0.25, -0.2) is 5.43 Å². The maximum atomic E-state index is 12.2. The van der Waals surface area contributed by atoms with Crippen LogP contribution in [-0.2, 0) is 0 Å². The molecule has 0 saturated heterocycles. The summed E-state index contributed by atoms with van der Waals surface area (Å²) in [6, 6.07) is 15.6. The standard InChI is InChI=1S/C20H17IN4O3/c1-13-10-16(14(2)24(13)19-9-4-3-8-18(19)21)12-22-23-20(26)15-6-5-7-17(11-15)25(27)28/h3-12H,1-2H3,(H,23,26)/b22-12-. The molecule has 2 aromatic carbocycles. The molecule has 1 heterocycles. The maximum Gasteiger partial charge on any atom is 0.271 e. The number of nitrogens with one attached hydrogen (secondary N) is 1. The molecular formula is C20H17IN4O3. The highest BCUT2D eigenvalue weighted by molar-refractivity contribution is 14.1. The number of benzene rings is 2. The minimum Gasteiger partial charge on any atom is -0.317 e. The number of carbonyl (C=O) groups excluding carboxylic acids is 1. The zero-order valence-corrected chi connectivity index (χ0v) is 17.4. The molecule has 0 aliphatic rings. The number of amides is 1. The Kier molecular flexibility index (Phi) is 5.88. The predicted molar refractivity (Wildman–Crippen MR) is 116 cm³/mol. The smallest absolute Gasteiger partial charge is 0.271 e. The molecule has 7 nitrogen and oxygen atoms in total. The molecule has 28 heavy (non-hydrogen) atoms. The fourth-order valence-corrected chi connectivity index (χ4v) is 3.54. The van der Waals surface area contributed by atoms with E-state index in [2.05, 4.69) is 37.7 Å². The number of non-ortho nitro benzene ring substituents is 1. The second kappa shape index (κ2) is 8.34. The van der Waals surface area contributed by atoms with Crippen LogP contribution in [-0.4, -0.2) is 21.6 Å². The van der Waals surface area contributed by atoms with Crippen molar-refractivity contribution in [3.8, 4) is 5.69 Å². The van der Waals surface area contributed by atoms with Crippen molar-refractivity contribution in [3.63, 3.8) is 0 Å². The van der Waals surface area contributed by atoms with E-state index < -0.39 is 10.8 Å². The Labute approximate surface area is 175 Å². The molecule has 1 amide bonds. The minimum absolute atomic E-state index is 0.141. The molecule has 0 bridgehead atoms. The molecule has 0 spiro atoms. The number of hydrogen-bond acceptors (Lipinski definition) is 4. The molecule has 0 fully saturated rings. The Bertz CT molecular complexity index is 1090. The van der Waals surface area contributed by atoms with E-state index >= 15 is 0 Å². The lowest BCUT2D eigenvalue weighted by Crippen LogP contribution is -2.17. The van der Waals surface area contributed by atoms with Crippen molar-refractivity contribution in [1.82, 2.24) is 9.99 Å². The summed E-state index contributed by atoms with van der Waals surface area (Å²) in [5, 5.41) is 14.8. The van der Waals surface area contributed by atoms with Gasteiger partial charge in [0.15, 0.2) is 0 Å². The van der Waals surface area contributed by atoms with Crippen molar-refractivity contribution >= 4 is 40.4 Å². The fraction of sp³-hybridized carbons (Fsp3) is 0.100. The lowest BCUT2D eigenvalue weighted by atomic mass is 10.2. The summed E-state index contributed by atoms with van der Waals surface area (Å²) in [6.07, 6.45) is 1.57. The average molecular weight is 488 g/mol. The van der Waals surface area contributed by atoms with Gasteiger partial charge in [0.25, 0.3) is 11.6 Å². The van der Waals surface area contributed by atoms with Crippen molar-refractivity contribution in [1.29, 1.82) is 0 Å². The van der Waals surface area contributed by atoms with Crippen molar-refractivity contribution < 1.29 is 9.72 Å². The lowest BCUT2D eigenvalue weighted by molar-refractivity contribution is -0.384. The van der Waals surface area contributed by atoms with E-state index in [1.165, 1.54) is 24.3 Å². The van der Waals surface area contributed by atoms with E-state index in [-0.39, 0.29) is 11.3 Å². The fourth-order valence-electron chi connectivity index (χ4n) is 2.91. The second-order valence-corrected chi connectivity index (χ2v) is 7.28. The van der Waals surface area contributed by atoms with Gasteiger partial charge in [-0.05, 0) is 60.7 Å². The summed E-state index contributed by atoms with van der Waals surface area (Å²) in [5.41, 5.74) is 6.45. The van der Waals surface area contributed by atoms with E-state index in [9.17, 15) is 14.9 Å². The van der Waals surface area contributed by atoms with Gasteiger partial charge in [0, 0.05) is 38.2 Å². The minimum atomic E-state index is -0.542.